The van der Waals surface area contributed by atoms with E-state index in [0.717, 1.165) is 0 Å². The number of carbonyl (C=O) groups is 2. The average molecular weight is 445 g/mol. The Morgan fingerprint density at radius 1 is 1.04 bits per heavy atom. The van der Waals surface area contributed by atoms with E-state index in [-0.39, 0.29) is 12.5 Å². The number of carbonyl (C=O) groups excluding carboxylic acids is 2. The zero-order chi connectivity index (χ0) is 20.0. The number of alkyl halides is 3. The molecule has 0 fully saturated rings. The largest absolute Gasteiger partial charge is 0.411 e. The van der Waals surface area contributed by atoms with Crippen molar-refractivity contribution in [2.45, 2.75) is 19.7 Å². The Hall–Kier alpha value is -2.39. The molecule has 0 heterocycles. The molecule has 2 aromatic rings. The molecule has 0 saturated carbocycles. The van der Waals surface area contributed by atoms with E-state index in [9.17, 15) is 22.8 Å². The minimum absolute atomic E-state index is 0.209. The van der Waals surface area contributed by atoms with Gasteiger partial charge in [0.25, 0.3) is 5.91 Å². The lowest BCUT2D eigenvalue weighted by Crippen LogP contribution is -2.17. The van der Waals surface area contributed by atoms with E-state index in [4.69, 9.17) is 0 Å². The molecule has 0 saturated heterocycles. The van der Waals surface area contributed by atoms with Gasteiger partial charge in [-0.15, -0.1) is 0 Å². The van der Waals surface area contributed by atoms with Crippen LogP contribution in [0.2, 0.25) is 0 Å². The molecule has 5 nitrogen and oxygen atoms in total. The molecule has 0 aromatic heterocycles. The molecule has 0 aliphatic heterocycles. The Morgan fingerprint density at radius 2 is 1.70 bits per heavy atom. The quantitative estimate of drug-likeness (QED) is 0.675. The van der Waals surface area contributed by atoms with Crippen molar-refractivity contribution in [2.75, 3.05) is 17.2 Å². The molecule has 0 atom stereocenters. The van der Waals surface area contributed by atoms with Gasteiger partial charge >= 0.3 is 6.18 Å². The zero-order valence-electron chi connectivity index (χ0n) is 14.2. The first-order chi connectivity index (χ1) is 12.6. The van der Waals surface area contributed by atoms with E-state index >= 15 is 0 Å². The van der Waals surface area contributed by atoms with E-state index in [1.807, 2.05) is 0 Å². The predicted octanol–water partition coefficient (Wildman–Crippen LogP) is 4.74. The Bertz CT molecular complexity index is 824. The molecule has 0 radical (unpaired) electrons. The number of benzene rings is 2. The topological polar surface area (TPSA) is 67.4 Å². The van der Waals surface area contributed by atoms with Gasteiger partial charge < -0.3 is 15.4 Å². The fraction of sp³-hybridized carbons (Fsp3) is 0.222. The summed E-state index contributed by atoms with van der Waals surface area (Å²) in [5.41, 5.74) is 1.67. The number of hydrogen-bond acceptors (Lipinski definition) is 3. The first-order valence-corrected chi connectivity index (χ1v) is 8.55. The molecule has 27 heavy (non-hydrogen) atoms. The minimum atomic E-state index is -4.38. The number of rotatable bonds is 6. The molecule has 2 aromatic carbocycles. The molecule has 0 aliphatic carbocycles. The van der Waals surface area contributed by atoms with E-state index in [2.05, 4.69) is 31.3 Å². The standard InChI is InChI=1S/C18H16BrF3N2O3/c1-11(25)23-15-7-6-14(19)8-16(15)24-17(26)13-4-2-12(3-5-13)9-27-10-18(20,21)22/h2-8H,9-10H2,1H3,(H,23,25)(H,24,26). The van der Waals surface area contributed by atoms with E-state index in [1.54, 1.807) is 18.2 Å². The van der Waals surface area contributed by atoms with Crippen LogP contribution in [0.1, 0.15) is 22.8 Å². The van der Waals surface area contributed by atoms with Gasteiger partial charge in [0.15, 0.2) is 0 Å². The monoisotopic (exact) mass is 444 g/mol. The van der Waals surface area contributed by atoms with Crippen molar-refractivity contribution in [3.63, 3.8) is 0 Å². The van der Waals surface area contributed by atoms with E-state index in [0.29, 0.717) is 27.0 Å². The Balaban J connectivity index is 2.04. The van der Waals surface area contributed by atoms with Crippen LogP contribution in [-0.4, -0.2) is 24.6 Å². The van der Waals surface area contributed by atoms with Gasteiger partial charge in [0.05, 0.1) is 18.0 Å². The van der Waals surface area contributed by atoms with Gasteiger partial charge in [-0.05, 0) is 35.9 Å². The Labute approximate surface area is 162 Å². The van der Waals surface area contributed by atoms with Gasteiger partial charge in [-0.25, -0.2) is 0 Å². The Morgan fingerprint density at radius 3 is 2.30 bits per heavy atom. The van der Waals surface area contributed by atoms with Crippen molar-refractivity contribution in [2.24, 2.45) is 0 Å². The maximum atomic E-state index is 12.4. The third-order valence-electron chi connectivity index (χ3n) is 3.29. The van der Waals surface area contributed by atoms with Crippen LogP contribution >= 0.6 is 15.9 Å². The highest BCUT2D eigenvalue weighted by Gasteiger charge is 2.27. The predicted molar refractivity (Wildman–Crippen MR) is 98.6 cm³/mol. The second-order valence-corrected chi connectivity index (χ2v) is 6.55. The highest BCUT2D eigenvalue weighted by molar-refractivity contribution is 9.10. The lowest BCUT2D eigenvalue weighted by Gasteiger charge is -2.12. The second-order valence-electron chi connectivity index (χ2n) is 5.63. The summed E-state index contributed by atoms with van der Waals surface area (Å²) in [6.45, 7) is -0.184. The summed E-state index contributed by atoms with van der Waals surface area (Å²) in [6, 6.07) is 11.0. The van der Waals surface area contributed by atoms with Crippen molar-refractivity contribution in [1.29, 1.82) is 0 Å². The van der Waals surface area contributed by atoms with Crippen molar-refractivity contribution in [3.8, 4) is 0 Å². The van der Waals surface area contributed by atoms with Crippen LogP contribution in [-0.2, 0) is 16.1 Å². The number of ether oxygens (including phenoxy) is 1. The number of halogens is 4. The molecule has 0 unspecified atom stereocenters. The first kappa shape index (κ1) is 20.9. The second kappa shape index (κ2) is 9.01. The summed E-state index contributed by atoms with van der Waals surface area (Å²) in [5, 5.41) is 5.31. The van der Waals surface area contributed by atoms with E-state index < -0.39 is 18.7 Å². The fourth-order valence-electron chi connectivity index (χ4n) is 2.15. The molecule has 0 aliphatic rings. The third-order valence-corrected chi connectivity index (χ3v) is 3.78. The van der Waals surface area contributed by atoms with Crippen LogP contribution in [0.4, 0.5) is 24.5 Å². The number of amides is 2. The molecular formula is C18H16BrF3N2O3. The maximum Gasteiger partial charge on any atom is 0.411 e. The molecule has 9 heteroatoms. The third kappa shape index (κ3) is 7.03. The first-order valence-electron chi connectivity index (χ1n) is 7.76. The number of hydrogen-bond donors (Lipinski definition) is 2. The van der Waals surface area contributed by atoms with Gasteiger partial charge in [-0.3, -0.25) is 9.59 Å². The van der Waals surface area contributed by atoms with Crippen molar-refractivity contribution >= 4 is 39.1 Å². The maximum absolute atomic E-state index is 12.4. The van der Waals surface area contributed by atoms with Crippen LogP contribution in [0.3, 0.4) is 0 Å². The summed E-state index contributed by atoms with van der Waals surface area (Å²) in [7, 11) is 0. The number of anilines is 2. The molecule has 0 bridgehead atoms. The summed E-state index contributed by atoms with van der Waals surface area (Å²) in [5.74, 6) is -0.710. The molecular weight excluding hydrogens is 429 g/mol. The van der Waals surface area contributed by atoms with Gasteiger partial charge in [0, 0.05) is 17.0 Å². The Kier molecular flexibility index (Phi) is 6.98. The molecule has 2 amide bonds. The molecule has 0 spiro atoms. The number of nitrogens with one attached hydrogen (secondary N) is 2. The summed E-state index contributed by atoms with van der Waals surface area (Å²) < 4.78 is 41.5. The van der Waals surface area contributed by atoms with Gasteiger partial charge in [0.1, 0.15) is 6.61 Å². The lowest BCUT2D eigenvalue weighted by molar-refractivity contribution is -0.176. The SMILES string of the molecule is CC(=O)Nc1ccc(Br)cc1NC(=O)c1ccc(COCC(F)(F)F)cc1. The smallest absolute Gasteiger partial charge is 0.367 e. The summed E-state index contributed by atoms with van der Waals surface area (Å²) >= 11 is 3.30. The van der Waals surface area contributed by atoms with Crippen molar-refractivity contribution < 1.29 is 27.5 Å². The normalized spacial score (nSPS) is 11.1. The highest BCUT2D eigenvalue weighted by atomic mass is 79.9. The highest BCUT2D eigenvalue weighted by Crippen LogP contribution is 2.26. The molecule has 2 rings (SSSR count). The molecule has 2 N–H and O–H groups in total. The van der Waals surface area contributed by atoms with Crippen LogP contribution in [0.15, 0.2) is 46.9 Å². The fourth-order valence-corrected chi connectivity index (χ4v) is 2.51. The minimum Gasteiger partial charge on any atom is -0.367 e. The van der Waals surface area contributed by atoms with E-state index in [1.165, 1.54) is 31.2 Å². The van der Waals surface area contributed by atoms with Crippen LogP contribution in [0, 0.1) is 0 Å². The van der Waals surface area contributed by atoms with Gasteiger partial charge in [-0.2, -0.15) is 13.2 Å². The van der Waals surface area contributed by atoms with Crippen LogP contribution < -0.4 is 10.6 Å². The molecule has 144 valence electrons. The summed E-state index contributed by atoms with van der Waals surface area (Å²) in [4.78, 5) is 23.7. The zero-order valence-corrected chi connectivity index (χ0v) is 15.8. The lowest BCUT2D eigenvalue weighted by atomic mass is 10.1. The van der Waals surface area contributed by atoms with Crippen LogP contribution in [0.5, 0.6) is 0 Å². The van der Waals surface area contributed by atoms with Crippen molar-refractivity contribution in [1.82, 2.24) is 0 Å². The van der Waals surface area contributed by atoms with Crippen LogP contribution in [0.25, 0.3) is 0 Å². The van der Waals surface area contributed by atoms with Gasteiger partial charge in [0.2, 0.25) is 5.91 Å². The summed E-state index contributed by atoms with van der Waals surface area (Å²) in [6.07, 6.45) is -4.38. The van der Waals surface area contributed by atoms with Gasteiger partial charge in [-0.1, -0.05) is 28.1 Å². The van der Waals surface area contributed by atoms with Crippen molar-refractivity contribution in [3.05, 3.63) is 58.1 Å². The average Bonchev–Trinajstić information content (AvgIpc) is 2.56.